The zero-order valence-electron chi connectivity index (χ0n) is 8.41. The van der Waals surface area contributed by atoms with E-state index in [1.807, 2.05) is 19.9 Å². The van der Waals surface area contributed by atoms with Crippen LogP contribution >= 0.6 is 0 Å². The molecule has 1 atom stereocenters. The molecule has 0 spiro atoms. The Hall–Kier alpha value is -1.52. The van der Waals surface area contributed by atoms with Crippen molar-refractivity contribution in [3.8, 4) is 0 Å². The van der Waals surface area contributed by atoms with E-state index in [2.05, 4.69) is 10.5 Å². The predicted molar refractivity (Wildman–Crippen MR) is 53.6 cm³/mol. The van der Waals surface area contributed by atoms with Gasteiger partial charge in [-0.1, -0.05) is 6.92 Å². The normalized spacial score (nSPS) is 23.4. The van der Waals surface area contributed by atoms with E-state index in [4.69, 9.17) is 10.5 Å². The van der Waals surface area contributed by atoms with Crippen LogP contribution < -0.4 is 11.2 Å². The molecule has 0 aromatic rings. The molecule has 0 fully saturated rings. The second-order valence-corrected chi connectivity index (χ2v) is 3.11. The molecule has 3 N–H and O–H groups in total. The van der Waals surface area contributed by atoms with Gasteiger partial charge in [-0.2, -0.15) is 5.10 Å². The molecule has 5 heteroatoms. The molecule has 5 nitrogen and oxygen atoms in total. The van der Waals surface area contributed by atoms with Crippen LogP contribution in [0.4, 0.5) is 4.79 Å². The molecule has 0 saturated carbocycles. The Morgan fingerprint density at radius 3 is 3.14 bits per heavy atom. The summed E-state index contributed by atoms with van der Waals surface area (Å²) in [5, 5.41) is 3.90. The lowest BCUT2D eigenvalue weighted by Gasteiger charge is -2.08. The molecular formula is C9H15N3O2. The number of ether oxygens (including phenoxy) is 1. The van der Waals surface area contributed by atoms with Gasteiger partial charge in [-0.25, -0.2) is 10.2 Å². The summed E-state index contributed by atoms with van der Waals surface area (Å²) in [5.41, 5.74) is 7.89. The standard InChI is InChI=1S/C9H15N3O2/c1-3-14-7-5-4-6(2)8(7)11-12-9(10)13/h5-6H,3-4H2,1-2H3,(H3,10,12,13)/b11-8-. The van der Waals surface area contributed by atoms with Crippen LogP contribution in [-0.4, -0.2) is 18.3 Å². The van der Waals surface area contributed by atoms with Gasteiger partial charge < -0.3 is 10.5 Å². The number of nitrogens with two attached hydrogens (primary N) is 1. The number of hydrogen-bond donors (Lipinski definition) is 2. The number of carbonyl (C=O) groups is 1. The average molecular weight is 197 g/mol. The third-order valence-electron chi connectivity index (χ3n) is 1.96. The highest BCUT2D eigenvalue weighted by atomic mass is 16.5. The summed E-state index contributed by atoms with van der Waals surface area (Å²) >= 11 is 0. The van der Waals surface area contributed by atoms with Crippen molar-refractivity contribution in [1.29, 1.82) is 0 Å². The third-order valence-corrected chi connectivity index (χ3v) is 1.96. The van der Waals surface area contributed by atoms with Gasteiger partial charge >= 0.3 is 6.03 Å². The van der Waals surface area contributed by atoms with Gasteiger partial charge in [0.15, 0.2) is 0 Å². The van der Waals surface area contributed by atoms with Gasteiger partial charge in [-0.3, -0.25) is 0 Å². The lowest BCUT2D eigenvalue weighted by Crippen LogP contribution is -2.27. The molecule has 0 aromatic heterocycles. The number of nitrogens with one attached hydrogen (secondary N) is 1. The summed E-state index contributed by atoms with van der Waals surface area (Å²) in [6.45, 7) is 4.52. The van der Waals surface area contributed by atoms with E-state index >= 15 is 0 Å². The van der Waals surface area contributed by atoms with Gasteiger partial charge in [0.05, 0.1) is 6.61 Å². The first-order valence-electron chi connectivity index (χ1n) is 4.61. The summed E-state index contributed by atoms with van der Waals surface area (Å²) in [4.78, 5) is 10.5. The first-order chi connectivity index (χ1) is 6.65. The zero-order chi connectivity index (χ0) is 10.6. The van der Waals surface area contributed by atoms with E-state index in [9.17, 15) is 4.79 Å². The number of nitrogens with zero attached hydrogens (tertiary/aromatic N) is 1. The van der Waals surface area contributed by atoms with E-state index in [-0.39, 0.29) is 5.92 Å². The van der Waals surface area contributed by atoms with Crippen LogP contribution in [0.15, 0.2) is 16.9 Å². The van der Waals surface area contributed by atoms with Crippen molar-refractivity contribution in [3.05, 3.63) is 11.8 Å². The molecule has 0 aliphatic heterocycles. The van der Waals surface area contributed by atoms with Crippen LogP contribution in [0.1, 0.15) is 20.3 Å². The van der Waals surface area contributed by atoms with Crippen LogP contribution in [0.2, 0.25) is 0 Å². The second kappa shape index (κ2) is 4.64. The fourth-order valence-electron chi connectivity index (χ4n) is 1.31. The van der Waals surface area contributed by atoms with Crippen molar-refractivity contribution in [3.63, 3.8) is 0 Å². The minimum absolute atomic E-state index is 0.267. The fraction of sp³-hybridized carbons (Fsp3) is 0.556. The SMILES string of the molecule is CCOC1=CCC(C)/C1=N/NC(N)=O. The van der Waals surface area contributed by atoms with Gasteiger partial charge in [-0.15, -0.1) is 0 Å². The Balaban J connectivity index is 2.68. The van der Waals surface area contributed by atoms with Crippen molar-refractivity contribution in [2.75, 3.05) is 6.61 Å². The number of primary amides is 1. The Labute approximate surface area is 83.0 Å². The Morgan fingerprint density at radius 2 is 2.57 bits per heavy atom. The monoisotopic (exact) mass is 197 g/mol. The lowest BCUT2D eigenvalue weighted by atomic mass is 10.1. The van der Waals surface area contributed by atoms with Gasteiger partial charge in [0, 0.05) is 5.92 Å². The molecule has 0 heterocycles. The smallest absolute Gasteiger partial charge is 0.332 e. The Bertz CT molecular complexity index is 284. The van der Waals surface area contributed by atoms with E-state index in [1.54, 1.807) is 0 Å². The molecule has 1 aliphatic rings. The number of allylic oxidation sites excluding steroid dienone is 2. The molecule has 0 bridgehead atoms. The van der Waals surface area contributed by atoms with E-state index in [0.29, 0.717) is 6.61 Å². The van der Waals surface area contributed by atoms with Crippen LogP contribution in [0.25, 0.3) is 0 Å². The van der Waals surface area contributed by atoms with Crippen LogP contribution in [0.3, 0.4) is 0 Å². The summed E-state index contributed by atoms with van der Waals surface area (Å²) < 4.78 is 5.36. The van der Waals surface area contributed by atoms with Crippen molar-refractivity contribution in [1.82, 2.24) is 5.43 Å². The number of carbonyl (C=O) groups excluding carboxylic acids is 1. The van der Waals surface area contributed by atoms with Crippen molar-refractivity contribution in [2.45, 2.75) is 20.3 Å². The van der Waals surface area contributed by atoms with Crippen LogP contribution in [0.5, 0.6) is 0 Å². The lowest BCUT2D eigenvalue weighted by molar-refractivity contribution is 0.247. The molecular weight excluding hydrogens is 182 g/mol. The minimum atomic E-state index is -0.660. The van der Waals surface area contributed by atoms with Crippen molar-refractivity contribution >= 4 is 11.7 Å². The Morgan fingerprint density at radius 1 is 1.86 bits per heavy atom. The largest absolute Gasteiger partial charge is 0.492 e. The highest BCUT2D eigenvalue weighted by molar-refractivity contribution is 6.02. The number of urea groups is 1. The first kappa shape index (κ1) is 10.6. The summed E-state index contributed by atoms with van der Waals surface area (Å²) in [6, 6.07) is -0.660. The van der Waals surface area contributed by atoms with Gasteiger partial charge in [0.1, 0.15) is 11.5 Å². The molecule has 1 aliphatic carbocycles. The minimum Gasteiger partial charge on any atom is -0.492 e. The highest BCUT2D eigenvalue weighted by Crippen LogP contribution is 2.22. The molecule has 0 radical (unpaired) electrons. The third kappa shape index (κ3) is 2.48. The number of amides is 2. The summed E-state index contributed by atoms with van der Waals surface area (Å²) in [6.07, 6.45) is 2.85. The van der Waals surface area contributed by atoms with E-state index < -0.39 is 6.03 Å². The molecule has 0 aromatic carbocycles. The maximum atomic E-state index is 10.5. The van der Waals surface area contributed by atoms with Crippen LogP contribution in [0, 0.1) is 5.92 Å². The van der Waals surface area contributed by atoms with Crippen molar-refractivity contribution < 1.29 is 9.53 Å². The van der Waals surface area contributed by atoms with Crippen molar-refractivity contribution in [2.24, 2.45) is 16.8 Å². The maximum absolute atomic E-state index is 10.5. The van der Waals surface area contributed by atoms with Gasteiger partial charge in [0.25, 0.3) is 0 Å². The second-order valence-electron chi connectivity index (χ2n) is 3.11. The van der Waals surface area contributed by atoms with E-state index in [1.165, 1.54) is 0 Å². The summed E-state index contributed by atoms with van der Waals surface area (Å²) in [7, 11) is 0. The summed E-state index contributed by atoms with van der Waals surface area (Å²) in [5.74, 6) is 1.01. The van der Waals surface area contributed by atoms with E-state index in [0.717, 1.165) is 17.9 Å². The molecule has 2 amide bonds. The maximum Gasteiger partial charge on any atom is 0.332 e. The van der Waals surface area contributed by atoms with Gasteiger partial charge in [-0.05, 0) is 19.4 Å². The Kier molecular flexibility index (Phi) is 3.50. The van der Waals surface area contributed by atoms with Gasteiger partial charge in [0.2, 0.25) is 0 Å². The topological polar surface area (TPSA) is 76.7 Å². The quantitative estimate of drug-likeness (QED) is 0.661. The molecule has 0 saturated heterocycles. The predicted octanol–water partition coefficient (Wildman–Crippen LogP) is 0.971. The molecule has 78 valence electrons. The molecule has 1 rings (SSSR count). The average Bonchev–Trinajstić information content (AvgIpc) is 2.45. The highest BCUT2D eigenvalue weighted by Gasteiger charge is 2.22. The number of hydrazone groups is 1. The number of hydrogen-bond acceptors (Lipinski definition) is 3. The van der Waals surface area contributed by atoms with Crippen LogP contribution in [-0.2, 0) is 4.74 Å². The first-order valence-corrected chi connectivity index (χ1v) is 4.61. The molecule has 1 unspecified atom stereocenters. The zero-order valence-corrected chi connectivity index (χ0v) is 8.41. The number of rotatable bonds is 3. The fourth-order valence-corrected chi connectivity index (χ4v) is 1.31. The molecule has 14 heavy (non-hydrogen) atoms.